The quantitative estimate of drug-likeness (QED) is 0.660. The molecule has 1 atom stereocenters. The third-order valence-corrected chi connectivity index (χ3v) is 2.37. The number of hydrogen-bond acceptors (Lipinski definition) is 4. The fourth-order valence-corrected chi connectivity index (χ4v) is 1.76. The van der Waals surface area contributed by atoms with Crippen LogP contribution in [0.4, 0.5) is 11.5 Å². The van der Waals surface area contributed by atoms with Crippen molar-refractivity contribution in [2.45, 2.75) is 26.3 Å². The maximum absolute atomic E-state index is 11.5. The van der Waals surface area contributed by atoms with Crippen LogP contribution in [0.25, 0.3) is 0 Å². The molecule has 0 aliphatic carbocycles. The molecule has 0 spiro atoms. The van der Waals surface area contributed by atoms with Gasteiger partial charge in [0.15, 0.2) is 5.82 Å². The molecule has 2 N–H and O–H groups in total. The van der Waals surface area contributed by atoms with Gasteiger partial charge in [0.25, 0.3) is 0 Å². The SMILES string of the molecule is Cc1nc(Cl)nc2c1NC(=O)CC(C)N2. The van der Waals surface area contributed by atoms with Crippen molar-refractivity contribution in [3.05, 3.63) is 11.0 Å². The lowest BCUT2D eigenvalue weighted by Gasteiger charge is -2.11. The molecule has 2 heterocycles. The summed E-state index contributed by atoms with van der Waals surface area (Å²) in [5, 5.41) is 6.06. The summed E-state index contributed by atoms with van der Waals surface area (Å²) in [4.78, 5) is 19.5. The summed E-state index contributed by atoms with van der Waals surface area (Å²) in [5.74, 6) is 0.550. The number of hydrogen-bond donors (Lipinski definition) is 2. The van der Waals surface area contributed by atoms with Crippen molar-refractivity contribution < 1.29 is 4.79 Å². The first-order valence-corrected chi connectivity index (χ1v) is 5.04. The summed E-state index contributed by atoms with van der Waals surface area (Å²) >= 11 is 5.74. The van der Waals surface area contributed by atoms with Crippen molar-refractivity contribution in [2.24, 2.45) is 0 Å². The molecular weight excluding hydrogens is 216 g/mol. The Morgan fingerprint density at radius 1 is 1.47 bits per heavy atom. The zero-order valence-corrected chi connectivity index (χ0v) is 9.22. The third-order valence-electron chi connectivity index (χ3n) is 2.20. The van der Waals surface area contributed by atoms with Crippen LogP contribution in [-0.2, 0) is 4.79 Å². The molecule has 1 aliphatic heterocycles. The van der Waals surface area contributed by atoms with Crippen LogP contribution in [0.15, 0.2) is 0 Å². The van der Waals surface area contributed by atoms with E-state index in [1.54, 1.807) is 6.92 Å². The number of anilines is 2. The number of amides is 1. The summed E-state index contributed by atoms with van der Waals surface area (Å²) in [6, 6.07) is 0.0385. The fourth-order valence-electron chi connectivity index (χ4n) is 1.55. The van der Waals surface area contributed by atoms with E-state index in [0.717, 1.165) is 0 Å². The molecule has 1 amide bonds. The van der Waals surface area contributed by atoms with E-state index in [1.807, 2.05) is 6.92 Å². The number of aryl methyl sites for hydroxylation is 1. The van der Waals surface area contributed by atoms with Crippen LogP contribution in [-0.4, -0.2) is 21.9 Å². The average molecular weight is 227 g/mol. The van der Waals surface area contributed by atoms with E-state index in [2.05, 4.69) is 20.6 Å². The lowest BCUT2D eigenvalue weighted by Crippen LogP contribution is -2.19. The van der Waals surface area contributed by atoms with Crippen molar-refractivity contribution >= 4 is 29.0 Å². The minimum absolute atomic E-state index is 0.0385. The van der Waals surface area contributed by atoms with Crippen LogP contribution in [0.1, 0.15) is 19.0 Å². The van der Waals surface area contributed by atoms with Crippen LogP contribution in [0.2, 0.25) is 5.28 Å². The van der Waals surface area contributed by atoms with E-state index in [0.29, 0.717) is 23.6 Å². The molecule has 0 fully saturated rings. The first kappa shape index (κ1) is 10.2. The second-order valence-corrected chi connectivity index (χ2v) is 3.94. The molecule has 2 rings (SSSR count). The van der Waals surface area contributed by atoms with Crippen LogP contribution in [0.3, 0.4) is 0 Å². The zero-order valence-electron chi connectivity index (χ0n) is 8.47. The Kier molecular flexibility index (Phi) is 2.48. The summed E-state index contributed by atoms with van der Waals surface area (Å²) in [7, 11) is 0. The van der Waals surface area contributed by atoms with E-state index in [-0.39, 0.29) is 17.2 Å². The van der Waals surface area contributed by atoms with Gasteiger partial charge in [-0.1, -0.05) is 0 Å². The summed E-state index contributed by atoms with van der Waals surface area (Å²) in [5.41, 5.74) is 1.29. The molecule has 1 aliphatic rings. The second kappa shape index (κ2) is 3.66. The van der Waals surface area contributed by atoms with Gasteiger partial charge in [0.05, 0.1) is 5.69 Å². The Balaban J connectivity index is 2.50. The van der Waals surface area contributed by atoms with Crippen molar-refractivity contribution in [1.29, 1.82) is 0 Å². The number of rotatable bonds is 0. The number of aromatic nitrogens is 2. The highest BCUT2D eigenvalue weighted by atomic mass is 35.5. The highest BCUT2D eigenvalue weighted by molar-refractivity contribution is 6.28. The predicted octanol–water partition coefficient (Wildman–Crippen LogP) is 1.58. The van der Waals surface area contributed by atoms with Gasteiger partial charge in [-0.2, -0.15) is 4.98 Å². The number of carbonyl (C=O) groups excluding carboxylic acids is 1. The molecule has 15 heavy (non-hydrogen) atoms. The van der Waals surface area contributed by atoms with E-state index >= 15 is 0 Å². The van der Waals surface area contributed by atoms with Gasteiger partial charge in [-0.3, -0.25) is 4.79 Å². The molecule has 1 aromatic heterocycles. The normalized spacial score (nSPS) is 19.9. The van der Waals surface area contributed by atoms with Crippen LogP contribution in [0, 0.1) is 6.92 Å². The molecule has 1 unspecified atom stereocenters. The summed E-state index contributed by atoms with van der Waals surface area (Å²) in [6.07, 6.45) is 0.410. The first-order chi connectivity index (χ1) is 7.06. The van der Waals surface area contributed by atoms with Gasteiger partial charge in [-0.25, -0.2) is 4.98 Å². The topological polar surface area (TPSA) is 66.9 Å². The van der Waals surface area contributed by atoms with Crippen molar-refractivity contribution in [3.63, 3.8) is 0 Å². The molecule has 1 aromatic rings. The van der Waals surface area contributed by atoms with Crippen molar-refractivity contribution in [3.8, 4) is 0 Å². The monoisotopic (exact) mass is 226 g/mol. The van der Waals surface area contributed by atoms with Gasteiger partial charge in [0.2, 0.25) is 11.2 Å². The largest absolute Gasteiger partial charge is 0.365 e. The van der Waals surface area contributed by atoms with Gasteiger partial charge < -0.3 is 10.6 Å². The average Bonchev–Trinajstić information content (AvgIpc) is 2.22. The molecule has 0 saturated carbocycles. The Hall–Kier alpha value is -1.36. The van der Waals surface area contributed by atoms with Crippen molar-refractivity contribution in [2.75, 3.05) is 10.6 Å². The van der Waals surface area contributed by atoms with Gasteiger partial charge >= 0.3 is 0 Å². The minimum Gasteiger partial charge on any atom is -0.365 e. The number of halogens is 1. The van der Waals surface area contributed by atoms with Crippen LogP contribution in [0.5, 0.6) is 0 Å². The summed E-state index contributed by atoms with van der Waals surface area (Å²) in [6.45, 7) is 3.70. The summed E-state index contributed by atoms with van der Waals surface area (Å²) < 4.78 is 0. The van der Waals surface area contributed by atoms with Gasteiger partial charge in [-0.05, 0) is 25.4 Å². The maximum atomic E-state index is 11.5. The zero-order chi connectivity index (χ0) is 11.0. The Morgan fingerprint density at radius 3 is 2.93 bits per heavy atom. The van der Waals surface area contributed by atoms with E-state index < -0.39 is 0 Å². The van der Waals surface area contributed by atoms with Crippen molar-refractivity contribution in [1.82, 2.24) is 9.97 Å². The lowest BCUT2D eigenvalue weighted by molar-refractivity contribution is -0.116. The number of carbonyl (C=O) groups is 1. The van der Waals surface area contributed by atoms with E-state index in [9.17, 15) is 4.79 Å². The Labute approximate surface area is 92.3 Å². The molecule has 0 radical (unpaired) electrons. The first-order valence-electron chi connectivity index (χ1n) is 4.67. The fraction of sp³-hybridized carbons (Fsp3) is 0.444. The minimum atomic E-state index is -0.0391. The maximum Gasteiger partial charge on any atom is 0.226 e. The molecular formula is C9H11ClN4O. The molecule has 0 bridgehead atoms. The highest BCUT2D eigenvalue weighted by Gasteiger charge is 2.21. The predicted molar refractivity (Wildman–Crippen MR) is 58.1 cm³/mol. The van der Waals surface area contributed by atoms with Crippen LogP contribution >= 0.6 is 11.6 Å². The smallest absolute Gasteiger partial charge is 0.226 e. The van der Waals surface area contributed by atoms with Gasteiger partial charge in [0, 0.05) is 12.5 Å². The van der Waals surface area contributed by atoms with E-state index in [4.69, 9.17) is 11.6 Å². The van der Waals surface area contributed by atoms with E-state index in [1.165, 1.54) is 0 Å². The number of nitrogens with zero attached hydrogens (tertiary/aromatic N) is 2. The van der Waals surface area contributed by atoms with Gasteiger partial charge in [0.1, 0.15) is 5.69 Å². The molecule has 0 saturated heterocycles. The Bertz CT molecular complexity index is 421. The highest BCUT2D eigenvalue weighted by Crippen LogP contribution is 2.27. The third kappa shape index (κ3) is 2.02. The second-order valence-electron chi connectivity index (χ2n) is 3.60. The lowest BCUT2D eigenvalue weighted by atomic mass is 10.2. The Morgan fingerprint density at radius 2 is 2.20 bits per heavy atom. The molecule has 6 heteroatoms. The standard InChI is InChI=1S/C9H11ClN4O/c1-4-3-6(15)13-7-5(2)12-9(10)14-8(7)11-4/h4H,3H2,1-2H3,(H,13,15)(H,11,12,14). The molecule has 5 nitrogen and oxygen atoms in total. The molecule has 0 aromatic carbocycles. The van der Waals surface area contributed by atoms with Crippen LogP contribution < -0.4 is 10.6 Å². The number of nitrogens with one attached hydrogen (secondary N) is 2. The molecule has 80 valence electrons. The number of fused-ring (bicyclic) bond motifs is 1. The van der Waals surface area contributed by atoms with Gasteiger partial charge in [-0.15, -0.1) is 0 Å².